The minimum Gasteiger partial charge on any atom is -0.454 e. The van der Waals surface area contributed by atoms with Crippen LogP contribution in [0.2, 0.25) is 0 Å². The van der Waals surface area contributed by atoms with Gasteiger partial charge in [0.15, 0.2) is 12.0 Å². The highest BCUT2D eigenvalue weighted by atomic mass is 19.4. The first-order chi connectivity index (χ1) is 9.85. The highest BCUT2D eigenvalue weighted by Gasteiger charge is 2.33. The Kier molecular flexibility index (Phi) is 3.84. The number of halogens is 3. The third-order valence-corrected chi connectivity index (χ3v) is 2.66. The highest BCUT2D eigenvalue weighted by molar-refractivity contribution is 5.82. The van der Waals surface area contributed by atoms with Crippen molar-refractivity contribution in [1.29, 1.82) is 0 Å². The van der Waals surface area contributed by atoms with Crippen molar-refractivity contribution in [3.63, 3.8) is 0 Å². The van der Waals surface area contributed by atoms with Crippen LogP contribution in [0.3, 0.4) is 0 Å². The number of allylic oxidation sites excluding steroid dienone is 2. The van der Waals surface area contributed by atoms with Crippen LogP contribution in [0.4, 0.5) is 13.2 Å². The molecular formula is C14H9F3O4. The van der Waals surface area contributed by atoms with Crippen molar-refractivity contribution in [1.82, 2.24) is 0 Å². The quantitative estimate of drug-likeness (QED) is 0.377. The van der Waals surface area contributed by atoms with Gasteiger partial charge in [-0.15, -0.1) is 0 Å². The molecule has 0 bridgehead atoms. The normalized spacial score (nSPS) is 12.5. The van der Waals surface area contributed by atoms with Crippen LogP contribution in [0.1, 0.15) is 12.5 Å². The minimum atomic E-state index is -4.67. The van der Waals surface area contributed by atoms with Gasteiger partial charge in [-0.05, 0) is 25.1 Å². The average Bonchev–Trinajstić information content (AvgIpc) is 2.42. The molecule has 0 aliphatic rings. The van der Waals surface area contributed by atoms with E-state index in [4.69, 9.17) is 9.15 Å². The van der Waals surface area contributed by atoms with E-state index < -0.39 is 17.4 Å². The number of carbonyl (C=O) groups excluding carboxylic acids is 1. The van der Waals surface area contributed by atoms with Crippen molar-refractivity contribution in [2.24, 2.45) is 0 Å². The van der Waals surface area contributed by atoms with Gasteiger partial charge in [-0.2, -0.15) is 13.2 Å². The van der Waals surface area contributed by atoms with E-state index in [9.17, 15) is 22.8 Å². The number of rotatable bonds is 3. The van der Waals surface area contributed by atoms with Crippen molar-refractivity contribution >= 4 is 17.3 Å². The average molecular weight is 298 g/mol. The van der Waals surface area contributed by atoms with E-state index in [1.807, 2.05) is 0 Å². The Morgan fingerprint density at radius 1 is 1.29 bits per heavy atom. The van der Waals surface area contributed by atoms with E-state index in [0.717, 1.165) is 12.1 Å². The van der Waals surface area contributed by atoms with Crippen molar-refractivity contribution < 1.29 is 27.1 Å². The molecule has 1 heterocycles. The van der Waals surface area contributed by atoms with Gasteiger partial charge in [-0.25, -0.2) is 4.79 Å². The lowest BCUT2D eigenvalue weighted by Crippen LogP contribution is -2.11. The van der Waals surface area contributed by atoms with Crippen molar-refractivity contribution in [3.8, 4) is 5.75 Å². The van der Waals surface area contributed by atoms with E-state index in [2.05, 4.69) is 0 Å². The molecule has 0 N–H and O–H groups in total. The molecule has 0 aliphatic carbocycles. The largest absolute Gasteiger partial charge is 0.454 e. The van der Waals surface area contributed by atoms with Crippen molar-refractivity contribution in [2.45, 2.75) is 13.1 Å². The second-order valence-corrected chi connectivity index (χ2v) is 4.05. The monoisotopic (exact) mass is 298 g/mol. The van der Waals surface area contributed by atoms with E-state index in [-0.39, 0.29) is 22.5 Å². The van der Waals surface area contributed by atoms with Gasteiger partial charge in [0.2, 0.25) is 0 Å². The SMILES string of the molecule is CC=C(C=O)Oc1ccc2c(C(F)(F)F)cc(=O)oc2c1. The lowest BCUT2D eigenvalue weighted by molar-refractivity contribution is -0.136. The molecule has 4 nitrogen and oxygen atoms in total. The molecule has 110 valence electrons. The van der Waals surface area contributed by atoms with Gasteiger partial charge in [-0.1, -0.05) is 0 Å². The topological polar surface area (TPSA) is 56.5 Å². The van der Waals surface area contributed by atoms with Gasteiger partial charge < -0.3 is 9.15 Å². The summed E-state index contributed by atoms with van der Waals surface area (Å²) in [5, 5.41) is -0.261. The molecule has 1 aromatic carbocycles. The second kappa shape index (κ2) is 5.43. The molecule has 1 aromatic heterocycles. The molecule has 0 fully saturated rings. The van der Waals surface area contributed by atoms with Gasteiger partial charge in [0.25, 0.3) is 0 Å². The van der Waals surface area contributed by atoms with Gasteiger partial charge in [0.1, 0.15) is 11.3 Å². The summed E-state index contributed by atoms with van der Waals surface area (Å²) in [4.78, 5) is 21.8. The number of hydrogen-bond acceptors (Lipinski definition) is 4. The van der Waals surface area contributed by atoms with Crippen LogP contribution in [0.5, 0.6) is 5.75 Å². The fraction of sp³-hybridized carbons (Fsp3) is 0.143. The van der Waals surface area contributed by atoms with Crippen LogP contribution in [-0.4, -0.2) is 6.29 Å². The van der Waals surface area contributed by atoms with E-state index in [1.54, 1.807) is 6.92 Å². The van der Waals surface area contributed by atoms with Crippen LogP contribution in [0, 0.1) is 0 Å². The summed E-state index contributed by atoms with van der Waals surface area (Å²) in [5.41, 5.74) is -2.47. The molecule has 0 atom stereocenters. The van der Waals surface area contributed by atoms with Crippen LogP contribution in [-0.2, 0) is 11.0 Å². The van der Waals surface area contributed by atoms with Crippen molar-refractivity contribution in [2.75, 3.05) is 0 Å². The van der Waals surface area contributed by atoms with Gasteiger partial charge in [0.05, 0.1) is 5.56 Å². The molecule has 2 rings (SSSR count). The Labute approximate surface area is 116 Å². The predicted molar refractivity (Wildman–Crippen MR) is 67.9 cm³/mol. The molecule has 0 saturated carbocycles. The van der Waals surface area contributed by atoms with E-state index >= 15 is 0 Å². The Morgan fingerprint density at radius 2 is 2.00 bits per heavy atom. The molecule has 7 heteroatoms. The number of alkyl halides is 3. The summed E-state index contributed by atoms with van der Waals surface area (Å²) >= 11 is 0. The van der Waals surface area contributed by atoms with Crippen molar-refractivity contribution in [3.05, 3.63) is 52.1 Å². The zero-order valence-electron chi connectivity index (χ0n) is 10.7. The maximum Gasteiger partial charge on any atom is 0.417 e. The fourth-order valence-electron chi connectivity index (χ4n) is 1.73. The predicted octanol–water partition coefficient (Wildman–Crippen LogP) is 3.29. The lowest BCUT2D eigenvalue weighted by Gasteiger charge is -2.10. The molecule has 0 unspecified atom stereocenters. The zero-order valence-corrected chi connectivity index (χ0v) is 10.7. The number of ether oxygens (including phenoxy) is 1. The van der Waals surface area contributed by atoms with Crippen LogP contribution in [0.25, 0.3) is 11.0 Å². The summed E-state index contributed by atoms with van der Waals surface area (Å²) in [6.45, 7) is 1.56. The van der Waals surface area contributed by atoms with E-state index in [1.165, 1.54) is 12.1 Å². The first-order valence-corrected chi connectivity index (χ1v) is 5.79. The number of fused-ring (bicyclic) bond motifs is 1. The Bertz CT molecular complexity index is 772. The number of carbonyl (C=O) groups is 1. The fourth-order valence-corrected chi connectivity index (χ4v) is 1.73. The lowest BCUT2D eigenvalue weighted by atomic mass is 10.1. The third-order valence-electron chi connectivity index (χ3n) is 2.66. The zero-order chi connectivity index (χ0) is 15.6. The molecule has 2 aromatic rings. The summed E-state index contributed by atoms with van der Waals surface area (Å²) in [5.74, 6) is 0.0776. The third kappa shape index (κ3) is 3.13. The first kappa shape index (κ1) is 14.8. The Hall–Kier alpha value is -2.57. The molecule has 0 amide bonds. The molecular weight excluding hydrogens is 289 g/mol. The highest BCUT2D eigenvalue weighted by Crippen LogP contribution is 2.34. The summed E-state index contributed by atoms with van der Waals surface area (Å²) in [7, 11) is 0. The standard InChI is InChI=1S/C14H9F3O4/c1-2-8(7-18)20-9-3-4-10-11(14(15,16)17)6-13(19)21-12(10)5-9/h2-7H,1H3. The maximum atomic E-state index is 12.9. The van der Waals surface area contributed by atoms with E-state index in [0.29, 0.717) is 12.4 Å². The Morgan fingerprint density at radius 3 is 2.57 bits per heavy atom. The maximum absolute atomic E-state index is 12.9. The molecule has 0 aliphatic heterocycles. The van der Waals surface area contributed by atoms with Crippen LogP contribution >= 0.6 is 0 Å². The Balaban J connectivity index is 2.59. The summed E-state index contributed by atoms with van der Waals surface area (Å²) < 4.78 is 48.4. The smallest absolute Gasteiger partial charge is 0.417 e. The number of aldehydes is 1. The summed E-state index contributed by atoms with van der Waals surface area (Å²) in [6, 6.07) is 3.89. The van der Waals surface area contributed by atoms with Crippen LogP contribution < -0.4 is 10.4 Å². The summed E-state index contributed by atoms with van der Waals surface area (Å²) in [6.07, 6.45) is -2.83. The second-order valence-electron chi connectivity index (χ2n) is 4.05. The first-order valence-electron chi connectivity index (χ1n) is 5.79. The number of benzene rings is 1. The molecule has 0 spiro atoms. The minimum absolute atomic E-state index is 0.0105. The van der Waals surface area contributed by atoms with Gasteiger partial charge in [-0.3, -0.25) is 4.79 Å². The molecule has 0 radical (unpaired) electrons. The molecule has 0 saturated heterocycles. The molecule has 21 heavy (non-hydrogen) atoms. The number of hydrogen-bond donors (Lipinski definition) is 0. The van der Waals surface area contributed by atoms with Gasteiger partial charge in [0, 0.05) is 17.5 Å². The van der Waals surface area contributed by atoms with Gasteiger partial charge >= 0.3 is 11.8 Å². The van der Waals surface area contributed by atoms with Crippen LogP contribution in [0.15, 0.2) is 45.3 Å².